The number of nitrogens with one attached hydrogen (secondary N) is 1. The minimum atomic E-state index is -3.78. The number of likely N-dealkylation sites (N-methyl/N-ethyl adjacent to an activating group) is 2. The molecule has 1 aromatic carbocycles. The highest BCUT2D eigenvalue weighted by Crippen LogP contribution is 2.27. The average Bonchev–Trinajstić information content (AvgIpc) is 2.43. The second-order valence-electron chi connectivity index (χ2n) is 4.71. The third kappa shape index (κ3) is 4.11. The van der Waals surface area contributed by atoms with Gasteiger partial charge in [0.25, 0.3) is 5.69 Å². The minimum Gasteiger partial charge on any atom is -0.318 e. The van der Waals surface area contributed by atoms with E-state index in [1.54, 1.807) is 0 Å². The predicted octanol–water partition coefficient (Wildman–Crippen LogP) is 0.0625. The van der Waals surface area contributed by atoms with Crippen LogP contribution in [-0.2, 0) is 10.0 Å². The van der Waals surface area contributed by atoms with Crippen molar-refractivity contribution < 1.29 is 13.3 Å². The Kier molecular flexibility index (Phi) is 5.61. The van der Waals surface area contributed by atoms with Gasteiger partial charge >= 0.3 is 0 Å². The number of hydrogen-bond donors (Lipinski definition) is 2. The van der Waals surface area contributed by atoms with Crippen LogP contribution in [0.1, 0.15) is 0 Å². The van der Waals surface area contributed by atoms with Gasteiger partial charge in [-0.3, -0.25) is 16.0 Å². The molecule has 0 aliphatic rings. The van der Waals surface area contributed by atoms with E-state index in [1.807, 2.05) is 19.0 Å². The highest BCUT2D eigenvalue weighted by molar-refractivity contribution is 7.89. The first-order valence-corrected chi connectivity index (χ1v) is 7.50. The molecule has 0 heterocycles. The van der Waals surface area contributed by atoms with Gasteiger partial charge in [-0.2, -0.15) is 4.31 Å². The number of rotatable bonds is 7. The Morgan fingerprint density at radius 1 is 1.29 bits per heavy atom. The van der Waals surface area contributed by atoms with Crippen molar-refractivity contribution in [3.05, 3.63) is 28.3 Å². The smallest absolute Gasteiger partial charge is 0.294 e. The first kappa shape index (κ1) is 17.3. The summed E-state index contributed by atoms with van der Waals surface area (Å²) in [6, 6.07) is 3.55. The standard InChI is InChI=1S/C11H19N5O4S/c1-14(2)6-7-15(3)21(19,20)9-4-5-10(13-12)11(8-9)16(17)18/h4-5,8,13H,6-7,12H2,1-3H3. The molecule has 0 atom stereocenters. The molecule has 1 rings (SSSR count). The van der Waals surface area contributed by atoms with Crippen LogP contribution in [0.15, 0.2) is 23.1 Å². The van der Waals surface area contributed by atoms with Gasteiger partial charge in [0.2, 0.25) is 10.0 Å². The summed E-state index contributed by atoms with van der Waals surface area (Å²) in [6.07, 6.45) is 0. The van der Waals surface area contributed by atoms with Gasteiger partial charge < -0.3 is 10.3 Å². The van der Waals surface area contributed by atoms with Gasteiger partial charge in [-0.25, -0.2) is 8.42 Å². The van der Waals surface area contributed by atoms with Crippen molar-refractivity contribution in [2.24, 2.45) is 5.84 Å². The summed E-state index contributed by atoms with van der Waals surface area (Å²) in [5.41, 5.74) is 1.83. The molecule has 0 aliphatic carbocycles. The zero-order valence-electron chi connectivity index (χ0n) is 12.1. The second kappa shape index (κ2) is 6.80. The molecule has 0 amide bonds. The second-order valence-corrected chi connectivity index (χ2v) is 6.76. The molecule has 0 saturated heterocycles. The molecule has 0 spiro atoms. The van der Waals surface area contributed by atoms with E-state index in [-0.39, 0.29) is 22.8 Å². The van der Waals surface area contributed by atoms with E-state index in [4.69, 9.17) is 5.84 Å². The molecule has 9 nitrogen and oxygen atoms in total. The third-order valence-corrected chi connectivity index (χ3v) is 4.74. The van der Waals surface area contributed by atoms with Crippen molar-refractivity contribution in [1.82, 2.24) is 9.21 Å². The van der Waals surface area contributed by atoms with Crippen molar-refractivity contribution in [2.75, 3.05) is 39.7 Å². The lowest BCUT2D eigenvalue weighted by molar-refractivity contribution is -0.384. The molecule has 21 heavy (non-hydrogen) atoms. The highest BCUT2D eigenvalue weighted by atomic mass is 32.2. The molecule has 3 N–H and O–H groups in total. The van der Waals surface area contributed by atoms with Gasteiger partial charge in [0.1, 0.15) is 5.69 Å². The zero-order chi connectivity index (χ0) is 16.2. The van der Waals surface area contributed by atoms with E-state index in [2.05, 4.69) is 5.43 Å². The first-order valence-electron chi connectivity index (χ1n) is 6.06. The van der Waals surface area contributed by atoms with Gasteiger partial charge in [0.05, 0.1) is 9.82 Å². The van der Waals surface area contributed by atoms with E-state index < -0.39 is 14.9 Å². The average molecular weight is 317 g/mol. The van der Waals surface area contributed by atoms with Crippen LogP contribution in [-0.4, -0.2) is 56.8 Å². The number of nitro groups is 1. The number of nitro benzene ring substituents is 1. The lowest BCUT2D eigenvalue weighted by Crippen LogP contribution is -2.33. The van der Waals surface area contributed by atoms with E-state index >= 15 is 0 Å². The Balaban J connectivity index is 3.14. The molecule has 0 bridgehead atoms. The number of nitrogen functional groups attached to an aromatic ring is 1. The molecule has 1 aromatic rings. The molecule has 10 heteroatoms. The number of anilines is 1. The molecular formula is C11H19N5O4S. The molecule has 0 radical (unpaired) electrons. The molecular weight excluding hydrogens is 298 g/mol. The molecule has 0 aromatic heterocycles. The first-order chi connectivity index (χ1) is 9.70. The normalized spacial score (nSPS) is 11.9. The fourth-order valence-electron chi connectivity index (χ4n) is 1.59. The van der Waals surface area contributed by atoms with Crippen molar-refractivity contribution in [3.63, 3.8) is 0 Å². The van der Waals surface area contributed by atoms with Crippen LogP contribution < -0.4 is 11.3 Å². The van der Waals surface area contributed by atoms with Crippen molar-refractivity contribution in [3.8, 4) is 0 Å². The summed E-state index contributed by atoms with van der Waals surface area (Å²) in [4.78, 5) is 12.0. The largest absolute Gasteiger partial charge is 0.318 e. The summed E-state index contributed by atoms with van der Waals surface area (Å²) in [5.74, 6) is 5.17. The summed E-state index contributed by atoms with van der Waals surface area (Å²) in [6.45, 7) is 0.820. The lowest BCUT2D eigenvalue weighted by Gasteiger charge is -2.19. The summed E-state index contributed by atoms with van der Waals surface area (Å²) in [7, 11) is 1.30. The van der Waals surface area contributed by atoms with Crippen LogP contribution in [0.2, 0.25) is 0 Å². The van der Waals surface area contributed by atoms with Crippen LogP contribution in [0.4, 0.5) is 11.4 Å². The minimum absolute atomic E-state index is 0.0508. The van der Waals surface area contributed by atoms with E-state index in [0.29, 0.717) is 6.54 Å². The summed E-state index contributed by atoms with van der Waals surface area (Å²) in [5, 5.41) is 10.9. The Morgan fingerprint density at radius 2 is 1.90 bits per heavy atom. The lowest BCUT2D eigenvalue weighted by atomic mass is 10.3. The molecule has 0 unspecified atom stereocenters. The van der Waals surface area contributed by atoms with E-state index in [9.17, 15) is 18.5 Å². The Bertz CT molecular complexity index is 617. The molecule has 0 saturated carbocycles. The molecule has 0 fully saturated rings. The Hall–Kier alpha value is -1.75. The summed E-state index contributed by atoms with van der Waals surface area (Å²) >= 11 is 0. The Labute approximate surface area is 123 Å². The maximum absolute atomic E-state index is 12.4. The van der Waals surface area contributed by atoms with E-state index in [1.165, 1.54) is 19.2 Å². The third-order valence-electron chi connectivity index (χ3n) is 2.89. The predicted molar refractivity (Wildman–Crippen MR) is 79.3 cm³/mol. The van der Waals surface area contributed by atoms with Crippen LogP contribution in [0, 0.1) is 10.1 Å². The number of hydrogen-bond acceptors (Lipinski definition) is 7. The zero-order valence-corrected chi connectivity index (χ0v) is 12.9. The maximum atomic E-state index is 12.4. The van der Waals surface area contributed by atoms with Crippen molar-refractivity contribution in [2.45, 2.75) is 4.90 Å². The van der Waals surface area contributed by atoms with Gasteiger partial charge in [-0.1, -0.05) is 0 Å². The maximum Gasteiger partial charge on any atom is 0.294 e. The topological polar surface area (TPSA) is 122 Å². The monoisotopic (exact) mass is 317 g/mol. The van der Waals surface area contributed by atoms with Crippen LogP contribution in [0.5, 0.6) is 0 Å². The summed E-state index contributed by atoms with van der Waals surface area (Å²) < 4.78 is 25.9. The molecule has 118 valence electrons. The number of hydrazine groups is 1. The van der Waals surface area contributed by atoms with Gasteiger partial charge in [-0.05, 0) is 26.2 Å². The highest BCUT2D eigenvalue weighted by Gasteiger charge is 2.24. The number of benzene rings is 1. The fourth-order valence-corrected chi connectivity index (χ4v) is 2.77. The van der Waals surface area contributed by atoms with Crippen LogP contribution >= 0.6 is 0 Å². The van der Waals surface area contributed by atoms with Crippen molar-refractivity contribution in [1.29, 1.82) is 0 Å². The molecule has 0 aliphatic heterocycles. The number of nitrogens with two attached hydrogens (primary N) is 1. The fraction of sp³-hybridized carbons (Fsp3) is 0.455. The van der Waals surface area contributed by atoms with Gasteiger partial charge in [-0.15, -0.1) is 0 Å². The quantitative estimate of drug-likeness (QED) is 0.414. The Morgan fingerprint density at radius 3 is 2.38 bits per heavy atom. The van der Waals surface area contributed by atoms with E-state index in [0.717, 1.165) is 10.4 Å². The SMILES string of the molecule is CN(C)CCN(C)S(=O)(=O)c1ccc(NN)c([N+](=O)[O-])c1. The van der Waals surface area contributed by atoms with Crippen LogP contribution in [0.3, 0.4) is 0 Å². The number of sulfonamides is 1. The van der Waals surface area contributed by atoms with Gasteiger partial charge in [0, 0.05) is 26.2 Å². The van der Waals surface area contributed by atoms with Gasteiger partial charge in [0.15, 0.2) is 0 Å². The van der Waals surface area contributed by atoms with Crippen molar-refractivity contribution >= 4 is 21.4 Å². The number of nitrogens with zero attached hydrogens (tertiary/aromatic N) is 3. The van der Waals surface area contributed by atoms with Crippen LogP contribution in [0.25, 0.3) is 0 Å².